The van der Waals surface area contributed by atoms with E-state index in [9.17, 15) is 0 Å². The maximum Gasteiger partial charge on any atom is 0.197 e. The van der Waals surface area contributed by atoms with Crippen LogP contribution in [0.4, 0.5) is 5.95 Å². The molecule has 0 fully saturated rings. The van der Waals surface area contributed by atoms with Gasteiger partial charge < -0.3 is 15.5 Å². The van der Waals surface area contributed by atoms with Gasteiger partial charge in [-0.15, -0.1) is 0 Å². The molecule has 0 unspecified atom stereocenters. The number of nitrogen functional groups attached to an aromatic ring is 1. The molecule has 1 aromatic carbocycles. The minimum Gasteiger partial charge on any atom is -0.494 e. The zero-order chi connectivity index (χ0) is 10.7. The third kappa shape index (κ3) is 2.10. The van der Waals surface area contributed by atoms with Gasteiger partial charge in [0.1, 0.15) is 5.75 Å². The molecule has 0 amide bonds. The molecule has 0 spiro atoms. The summed E-state index contributed by atoms with van der Waals surface area (Å²) in [7, 11) is 0. The summed E-state index contributed by atoms with van der Waals surface area (Å²) in [6.45, 7) is 2.64. The second-order valence-corrected chi connectivity index (χ2v) is 3.14. The van der Waals surface area contributed by atoms with Gasteiger partial charge in [0.25, 0.3) is 0 Å². The third-order valence-electron chi connectivity index (χ3n) is 2.07. The van der Waals surface area contributed by atoms with E-state index in [-0.39, 0.29) is 0 Å². The van der Waals surface area contributed by atoms with Gasteiger partial charge >= 0.3 is 0 Å². The van der Waals surface area contributed by atoms with Crippen LogP contribution in [-0.4, -0.2) is 16.6 Å². The Bertz CT molecular complexity index is 433. The first kappa shape index (κ1) is 9.58. The van der Waals surface area contributed by atoms with Gasteiger partial charge in [0, 0.05) is 0 Å². The fraction of sp³-hybridized carbons (Fsp3) is 0.182. The molecular formula is C11H13N3O. The van der Waals surface area contributed by atoms with E-state index in [0.717, 1.165) is 17.0 Å². The van der Waals surface area contributed by atoms with Gasteiger partial charge in [0.05, 0.1) is 18.5 Å². The van der Waals surface area contributed by atoms with Crippen LogP contribution < -0.4 is 10.5 Å². The van der Waals surface area contributed by atoms with E-state index >= 15 is 0 Å². The SMILES string of the molecule is CCOc1ccc(-c2cnc(N)[nH]2)cc1. The Kier molecular flexibility index (Phi) is 2.58. The maximum atomic E-state index is 5.50. The summed E-state index contributed by atoms with van der Waals surface area (Å²) in [4.78, 5) is 6.91. The zero-order valence-corrected chi connectivity index (χ0v) is 8.53. The van der Waals surface area contributed by atoms with Crippen molar-refractivity contribution in [2.45, 2.75) is 6.92 Å². The largest absolute Gasteiger partial charge is 0.494 e. The summed E-state index contributed by atoms with van der Waals surface area (Å²) >= 11 is 0. The zero-order valence-electron chi connectivity index (χ0n) is 8.53. The molecule has 0 saturated heterocycles. The third-order valence-corrected chi connectivity index (χ3v) is 2.07. The highest BCUT2D eigenvalue weighted by molar-refractivity contribution is 5.60. The van der Waals surface area contributed by atoms with E-state index in [4.69, 9.17) is 10.5 Å². The van der Waals surface area contributed by atoms with Crippen LogP contribution in [0.1, 0.15) is 6.92 Å². The molecule has 0 aliphatic rings. The van der Waals surface area contributed by atoms with Gasteiger partial charge in [-0.1, -0.05) is 0 Å². The van der Waals surface area contributed by atoms with E-state index in [1.807, 2.05) is 31.2 Å². The molecule has 0 bridgehead atoms. The number of aromatic nitrogens is 2. The number of benzene rings is 1. The number of ether oxygens (including phenoxy) is 1. The summed E-state index contributed by atoms with van der Waals surface area (Å²) < 4.78 is 5.35. The Labute approximate surface area is 88.1 Å². The smallest absolute Gasteiger partial charge is 0.197 e. The lowest BCUT2D eigenvalue weighted by atomic mass is 10.2. The lowest BCUT2D eigenvalue weighted by Gasteiger charge is -2.03. The topological polar surface area (TPSA) is 63.9 Å². The predicted octanol–water partition coefficient (Wildman–Crippen LogP) is 2.06. The van der Waals surface area contributed by atoms with Crippen molar-refractivity contribution in [1.29, 1.82) is 0 Å². The highest BCUT2D eigenvalue weighted by Gasteiger charge is 2.00. The fourth-order valence-corrected chi connectivity index (χ4v) is 1.38. The van der Waals surface area contributed by atoms with Crippen molar-refractivity contribution in [2.75, 3.05) is 12.3 Å². The molecule has 0 radical (unpaired) electrons. The first-order chi connectivity index (χ1) is 7.29. The van der Waals surface area contributed by atoms with E-state index in [2.05, 4.69) is 9.97 Å². The Morgan fingerprint density at radius 1 is 1.33 bits per heavy atom. The average molecular weight is 203 g/mol. The van der Waals surface area contributed by atoms with Crippen molar-refractivity contribution < 1.29 is 4.74 Å². The van der Waals surface area contributed by atoms with Gasteiger partial charge in [-0.2, -0.15) is 0 Å². The number of hydrogen-bond acceptors (Lipinski definition) is 3. The number of nitrogens with two attached hydrogens (primary N) is 1. The van der Waals surface area contributed by atoms with Crippen molar-refractivity contribution in [3.63, 3.8) is 0 Å². The molecule has 0 saturated carbocycles. The van der Waals surface area contributed by atoms with E-state index in [1.54, 1.807) is 6.20 Å². The second kappa shape index (κ2) is 4.04. The minimum atomic E-state index is 0.430. The van der Waals surface area contributed by atoms with Crippen LogP contribution in [-0.2, 0) is 0 Å². The van der Waals surface area contributed by atoms with E-state index in [1.165, 1.54) is 0 Å². The number of rotatable bonds is 3. The average Bonchev–Trinajstić information content (AvgIpc) is 2.67. The number of anilines is 1. The first-order valence-electron chi connectivity index (χ1n) is 4.83. The van der Waals surface area contributed by atoms with Crippen molar-refractivity contribution in [2.24, 2.45) is 0 Å². The van der Waals surface area contributed by atoms with Crippen LogP contribution >= 0.6 is 0 Å². The molecule has 2 aromatic rings. The molecule has 15 heavy (non-hydrogen) atoms. The van der Waals surface area contributed by atoms with Crippen LogP contribution in [0, 0.1) is 0 Å². The maximum absolute atomic E-state index is 5.50. The second-order valence-electron chi connectivity index (χ2n) is 3.14. The summed E-state index contributed by atoms with van der Waals surface area (Å²) in [5, 5.41) is 0. The van der Waals surface area contributed by atoms with Crippen molar-refractivity contribution in [3.8, 4) is 17.0 Å². The summed E-state index contributed by atoms with van der Waals surface area (Å²) in [5.41, 5.74) is 7.46. The molecular weight excluding hydrogens is 190 g/mol. The molecule has 4 heteroatoms. The monoisotopic (exact) mass is 203 g/mol. The van der Waals surface area contributed by atoms with E-state index < -0.39 is 0 Å². The molecule has 4 nitrogen and oxygen atoms in total. The molecule has 1 aromatic heterocycles. The number of nitrogens with zero attached hydrogens (tertiary/aromatic N) is 1. The lowest BCUT2D eigenvalue weighted by Crippen LogP contribution is -1.90. The Balaban J connectivity index is 2.23. The van der Waals surface area contributed by atoms with Crippen LogP contribution in [0.15, 0.2) is 30.5 Å². The fourth-order valence-electron chi connectivity index (χ4n) is 1.38. The first-order valence-corrected chi connectivity index (χ1v) is 4.83. The van der Waals surface area contributed by atoms with Gasteiger partial charge in [0.15, 0.2) is 5.95 Å². The van der Waals surface area contributed by atoms with Crippen LogP contribution in [0.5, 0.6) is 5.75 Å². The Morgan fingerprint density at radius 2 is 2.07 bits per heavy atom. The number of imidazole rings is 1. The Morgan fingerprint density at radius 3 is 2.60 bits per heavy atom. The minimum absolute atomic E-state index is 0.430. The normalized spacial score (nSPS) is 10.2. The number of hydrogen-bond donors (Lipinski definition) is 2. The van der Waals surface area contributed by atoms with Crippen LogP contribution in [0.2, 0.25) is 0 Å². The summed E-state index contributed by atoms with van der Waals surface area (Å²) in [6.07, 6.45) is 1.71. The number of aromatic amines is 1. The van der Waals surface area contributed by atoms with Gasteiger partial charge in [-0.25, -0.2) is 4.98 Å². The Hall–Kier alpha value is -1.97. The lowest BCUT2D eigenvalue weighted by molar-refractivity contribution is 0.340. The van der Waals surface area contributed by atoms with Gasteiger partial charge in [-0.05, 0) is 36.8 Å². The molecule has 1 heterocycles. The van der Waals surface area contributed by atoms with Crippen molar-refractivity contribution in [3.05, 3.63) is 30.5 Å². The predicted molar refractivity (Wildman–Crippen MR) is 59.6 cm³/mol. The van der Waals surface area contributed by atoms with Crippen LogP contribution in [0.3, 0.4) is 0 Å². The molecule has 0 aliphatic heterocycles. The molecule has 78 valence electrons. The standard InChI is InChI=1S/C11H13N3O/c1-2-15-9-5-3-8(4-6-9)10-7-13-11(12)14-10/h3-7H,2H2,1H3,(H3,12,13,14). The highest BCUT2D eigenvalue weighted by atomic mass is 16.5. The highest BCUT2D eigenvalue weighted by Crippen LogP contribution is 2.21. The molecule has 3 N–H and O–H groups in total. The quantitative estimate of drug-likeness (QED) is 0.802. The van der Waals surface area contributed by atoms with Crippen LogP contribution in [0.25, 0.3) is 11.3 Å². The summed E-state index contributed by atoms with van der Waals surface area (Å²) in [6, 6.07) is 7.79. The summed E-state index contributed by atoms with van der Waals surface area (Å²) in [5.74, 6) is 1.30. The number of H-pyrrole nitrogens is 1. The molecule has 2 rings (SSSR count). The molecule has 0 atom stereocenters. The van der Waals surface area contributed by atoms with E-state index in [0.29, 0.717) is 12.6 Å². The van der Waals surface area contributed by atoms with Gasteiger partial charge in [0.2, 0.25) is 0 Å². The number of nitrogens with one attached hydrogen (secondary N) is 1. The van der Waals surface area contributed by atoms with Crippen molar-refractivity contribution >= 4 is 5.95 Å². The molecule has 0 aliphatic carbocycles. The van der Waals surface area contributed by atoms with Crippen molar-refractivity contribution in [1.82, 2.24) is 9.97 Å². The van der Waals surface area contributed by atoms with Gasteiger partial charge in [-0.3, -0.25) is 0 Å².